The molecule has 0 bridgehead atoms. The molecule has 1 saturated heterocycles. The number of benzene rings is 1. The molecule has 0 spiro atoms. The zero-order valence-electron chi connectivity index (χ0n) is 15.8. The van der Waals surface area contributed by atoms with Crippen LogP contribution >= 0.6 is 0 Å². The Labute approximate surface area is 153 Å². The maximum atomic E-state index is 13.1. The summed E-state index contributed by atoms with van der Waals surface area (Å²) in [6.07, 6.45) is 3.50. The number of halogens is 1. The van der Waals surface area contributed by atoms with Crippen LogP contribution in [0.1, 0.15) is 45.5 Å². The Hall–Kier alpha value is -2.37. The van der Waals surface area contributed by atoms with Gasteiger partial charge in [-0.15, -0.1) is 0 Å². The van der Waals surface area contributed by atoms with Gasteiger partial charge in [0.05, 0.1) is 5.69 Å². The zero-order valence-corrected chi connectivity index (χ0v) is 15.8. The first-order valence-corrected chi connectivity index (χ1v) is 9.02. The summed E-state index contributed by atoms with van der Waals surface area (Å²) in [5.41, 5.74) is 1.27. The number of aryl methyl sites for hydroxylation is 1. The van der Waals surface area contributed by atoms with Gasteiger partial charge in [-0.25, -0.2) is 14.2 Å². The molecule has 26 heavy (non-hydrogen) atoms. The first-order valence-electron chi connectivity index (χ1n) is 9.02. The number of amides is 1. The lowest BCUT2D eigenvalue weighted by atomic mass is 10.0. The minimum absolute atomic E-state index is 0.245. The molecular weight excluding hydrogens is 333 g/mol. The van der Waals surface area contributed by atoms with E-state index in [0.29, 0.717) is 19.1 Å². The molecule has 5 nitrogen and oxygen atoms in total. The van der Waals surface area contributed by atoms with Crippen molar-refractivity contribution < 1.29 is 13.9 Å². The number of imidazole rings is 1. The van der Waals surface area contributed by atoms with E-state index in [4.69, 9.17) is 4.74 Å². The third kappa shape index (κ3) is 4.23. The van der Waals surface area contributed by atoms with Crippen LogP contribution < -0.4 is 0 Å². The molecule has 6 heteroatoms. The number of aromatic nitrogens is 2. The zero-order chi connectivity index (χ0) is 18.9. The highest BCUT2D eigenvalue weighted by atomic mass is 19.1. The summed E-state index contributed by atoms with van der Waals surface area (Å²) in [4.78, 5) is 18.6. The van der Waals surface area contributed by atoms with Crippen molar-refractivity contribution in [3.05, 3.63) is 42.1 Å². The molecule has 140 valence electrons. The lowest BCUT2D eigenvalue weighted by Gasteiger charge is -2.34. The molecule has 0 saturated carbocycles. The highest BCUT2D eigenvalue weighted by Crippen LogP contribution is 2.28. The molecule has 0 unspecified atom stereocenters. The van der Waals surface area contributed by atoms with Crippen molar-refractivity contribution in [2.75, 3.05) is 13.1 Å². The molecule has 0 aliphatic carbocycles. The minimum Gasteiger partial charge on any atom is -0.444 e. The van der Waals surface area contributed by atoms with Crippen molar-refractivity contribution >= 4 is 6.09 Å². The van der Waals surface area contributed by atoms with E-state index in [1.165, 1.54) is 12.1 Å². The van der Waals surface area contributed by atoms with Crippen molar-refractivity contribution in [1.82, 2.24) is 14.5 Å². The summed E-state index contributed by atoms with van der Waals surface area (Å²) in [5.74, 6) is 0.680. The average Bonchev–Trinajstić information content (AvgIpc) is 2.96. The van der Waals surface area contributed by atoms with Crippen LogP contribution in [-0.2, 0) is 4.74 Å². The SMILES string of the molecule is Cc1nc(-c2ccc(F)cc2)cn1C1CCN(C(=O)OC(C)(C)C)CC1. The summed E-state index contributed by atoms with van der Waals surface area (Å²) >= 11 is 0. The molecule has 1 aliphatic rings. The molecule has 1 amide bonds. The van der Waals surface area contributed by atoms with Crippen LogP contribution in [0, 0.1) is 12.7 Å². The maximum Gasteiger partial charge on any atom is 0.410 e. The van der Waals surface area contributed by atoms with Gasteiger partial charge in [-0.1, -0.05) is 0 Å². The lowest BCUT2D eigenvalue weighted by molar-refractivity contribution is 0.0188. The molecule has 2 heterocycles. The monoisotopic (exact) mass is 359 g/mol. The molecule has 1 aromatic carbocycles. The van der Waals surface area contributed by atoms with Crippen LogP contribution in [0.25, 0.3) is 11.3 Å². The number of nitrogens with zero attached hydrogens (tertiary/aromatic N) is 3. The fraction of sp³-hybridized carbons (Fsp3) is 0.500. The second-order valence-electron chi connectivity index (χ2n) is 7.79. The normalized spacial score (nSPS) is 16.0. The Morgan fingerprint density at radius 2 is 1.81 bits per heavy atom. The Morgan fingerprint density at radius 1 is 1.19 bits per heavy atom. The number of piperidine rings is 1. The van der Waals surface area contributed by atoms with Crippen molar-refractivity contribution in [3.63, 3.8) is 0 Å². The predicted octanol–water partition coefficient (Wildman–Crippen LogP) is 4.57. The molecule has 1 fully saturated rings. The van der Waals surface area contributed by atoms with E-state index in [9.17, 15) is 9.18 Å². The van der Waals surface area contributed by atoms with Crippen LogP contribution in [0.15, 0.2) is 30.5 Å². The standard InChI is InChI=1S/C20H26FN3O2/c1-14-22-18(15-5-7-16(21)8-6-15)13-24(14)17-9-11-23(12-10-17)19(25)26-20(2,3)4/h5-8,13,17H,9-12H2,1-4H3. The summed E-state index contributed by atoms with van der Waals surface area (Å²) in [6, 6.07) is 6.68. The number of likely N-dealkylation sites (tertiary alicyclic amines) is 1. The molecule has 2 aromatic rings. The second kappa shape index (κ2) is 7.09. The van der Waals surface area contributed by atoms with Gasteiger partial charge >= 0.3 is 6.09 Å². The molecule has 0 atom stereocenters. The van der Waals surface area contributed by atoms with Crippen molar-refractivity contribution in [1.29, 1.82) is 0 Å². The lowest BCUT2D eigenvalue weighted by Crippen LogP contribution is -2.42. The Kier molecular flexibility index (Phi) is 5.03. The van der Waals surface area contributed by atoms with Crippen molar-refractivity contribution in [2.24, 2.45) is 0 Å². The number of rotatable bonds is 2. The van der Waals surface area contributed by atoms with Crippen LogP contribution in [0.2, 0.25) is 0 Å². The van der Waals surface area contributed by atoms with Crippen molar-refractivity contribution in [3.8, 4) is 11.3 Å². The largest absolute Gasteiger partial charge is 0.444 e. The topological polar surface area (TPSA) is 47.4 Å². The Bertz CT molecular complexity index is 769. The smallest absolute Gasteiger partial charge is 0.410 e. The van der Waals surface area contributed by atoms with Gasteiger partial charge in [-0.3, -0.25) is 0 Å². The summed E-state index contributed by atoms with van der Waals surface area (Å²) in [6.45, 7) is 8.95. The quantitative estimate of drug-likeness (QED) is 0.789. The molecule has 0 N–H and O–H groups in total. The van der Waals surface area contributed by atoms with Crippen LogP contribution in [0.4, 0.5) is 9.18 Å². The van der Waals surface area contributed by atoms with E-state index in [-0.39, 0.29) is 11.9 Å². The van der Waals surface area contributed by atoms with E-state index in [0.717, 1.165) is 29.9 Å². The average molecular weight is 359 g/mol. The number of hydrogen-bond acceptors (Lipinski definition) is 3. The van der Waals surface area contributed by atoms with Gasteiger partial charge < -0.3 is 14.2 Å². The van der Waals surface area contributed by atoms with Gasteiger partial charge in [-0.2, -0.15) is 0 Å². The predicted molar refractivity (Wildman–Crippen MR) is 98.4 cm³/mol. The van der Waals surface area contributed by atoms with E-state index in [1.807, 2.05) is 33.9 Å². The molecule has 0 radical (unpaired) electrons. The fourth-order valence-corrected chi connectivity index (χ4v) is 3.27. The number of carbonyl (C=O) groups excluding carboxylic acids is 1. The third-order valence-corrected chi connectivity index (χ3v) is 4.57. The van der Waals surface area contributed by atoms with Gasteiger partial charge in [0.1, 0.15) is 17.2 Å². The first-order chi connectivity index (χ1) is 12.2. The highest BCUT2D eigenvalue weighted by Gasteiger charge is 2.28. The van der Waals surface area contributed by atoms with Gasteiger partial charge in [-0.05, 0) is 64.8 Å². The van der Waals surface area contributed by atoms with Gasteiger partial charge in [0.2, 0.25) is 0 Å². The van der Waals surface area contributed by atoms with Gasteiger partial charge in [0, 0.05) is 30.9 Å². The first kappa shape index (κ1) is 18.4. The van der Waals surface area contributed by atoms with Gasteiger partial charge in [0.15, 0.2) is 0 Å². The van der Waals surface area contributed by atoms with E-state index < -0.39 is 5.60 Å². The number of carbonyl (C=O) groups is 1. The second-order valence-corrected chi connectivity index (χ2v) is 7.79. The third-order valence-electron chi connectivity index (χ3n) is 4.57. The summed E-state index contributed by atoms with van der Waals surface area (Å²) in [5, 5.41) is 0. The molecule has 1 aliphatic heterocycles. The van der Waals surface area contributed by atoms with Crippen LogP contribution in [0.5, 0.6) is 0 Å². The maximum absolute atomic E-state index is 13.1. The number of ether oxygens (including phenoxy) is 1. The number of hydrogen-bond donors (Lipinski definition) is 0. The fourth-order valence-electron chi connectivity index (χ4n) is 3.27. The Balaban J connectivity index is 1.66. The van der Waals surface area contributed by atoms with Gasteiger partial charge in [0.25, 0.3) is 0 Å². The van der Waals surface area contributed by atoms with E-state index >= 15 is 0 Å². The van der Waals surface area contributed by atoms with Crippen LogP contribution in [-0.4, -0.2) is 39.2 Å². The molecule has 3 rings (SSSR count). The van der Waals surface area contributed by atoms with E-state index in [1.54, 1.807) is 17.0 Å². The molecule has 1 aromatic heterocycles. The summed E-state index contributed by atoms with van der Waals surface area (Å²) in [7, 11) is 0. The molecular formula is C20H26FN3O2. The highest BCUT2D eigenvalue weighted by molar-refractivity contribution is 5.68. The van der Waals surface area contributed by atoms with Crippen LogP contribution in [0.3, 0.4) is 0 Å². The summed E-state index contributed by atoms with van der Waals surface area (Å²) < 4.78 is 20.7. The minimum atomic E-state index is -0.473. The van der Waals surface area contributed by atoms with E-state index in [2.05, 4.69) is 9.55 Å². The Morgan fingerprint density at radius 3 is 2.38 bits per heavy atom. The van der Waals surface area contributed by atoms with Crippen molar-refractivity contribution in [2.45, 2.75) is 52.2 Å².